The zero-order valence-corrected chi connectivity index (χ0v) is 50.8. The summed E-state index contributed by atoms with van der Waals surface area (Å²) in [6.45, 7) is 4.39. The molecule has 1 N–H and O–H groups in total. The summed E-state index contributed by atoms with van der Waals surface area (Å²) in [5.41, 5.74) is 0. The van der Waals surface area contributed by atoms with Crippen LogP contribution < -0.4 is 0 Å². The molecule has 0 heterocycles. The van der Waals surface area contributed by atoms with Crippen LogP contribution in [0.5, 0.6) is 0 Å². The first kappa shape index (κ1) is 72.5. The Morgan fingerprint density at radius 2 is 0.757 bits per heavy atom. The van der Waals surface area contributed by atoms with Crippen molar-refractivity contribution < 1.29 is 42.1 Å². The average Bonchev–Trinajstić information content (AvgIpc) is 3.36. The summed E-state index contributed by atoms with van der Waals surface area (Å²) in [4.78, 5) is 35.6. The van der Waals surface area contributed by atoms with E-state index in [2.05, 4.69) is 38.2 Å². The normalized spacial score (nSPS) is 13.3. The molecule has 0 saturated carbocycles. The molecule has 0 amide bonds. The van der Waals surface area contributed by atoms with Crippen LogP contribution in [0.25, 0.3) is 0 Å². The number of likely N-dealkylation sites (N-methyl/N-ethyl adjacent to an activating group) is 1. The van der Waals surface area contributed by atoms with Gasteiger partial charge in [0, 0.05) is 12.8 Å². The second kappa shape index (κ2) is 56.2. The number of hydrogen-bond acceptors (Lipinski definition) is 7. The second-order valence-electron chi connectivity index (χ2n) is 23.2. The number of phosphoric acid groups is 1. The van der Waals surface area contributed by atoms with Gasteiger partial charge < -0.3 is 18.9 Å². The first-order valence-electron chi connectivity index (χ1n) is 32.1. The molecule has 0 aromatic carbocycles. The maximum Gasteiger partial charge on any atom is 0.472 e. The molecule has 0 spiro atoms. The maximum absolute atomic E-state index is 12.7. The van der Waals surface area contributed by atoms with E-state index in [-0.39, 0.29) is 25.6 Å². The van der Waals surface area contributed by atoms with Crippen molar-refractivity contribution in [3.63, 3.8) is 0 Å². The molecule has 0 aliphatic heterocycles. The Morgan fingerprint density at radius 3 is 1.12 bits per heavy atom. The predicted octanol–water partition coefficient (Wildman–Crippen LogP) is 20.2. The van der Waals surface area contributed by atoms with Gasteiger partial charge in [-0.1, -0.05) is 295 Å². The number of quaternary nitrogens is 1. The van der Waals surface area contributed by atoms with Gasteiger partial charge in [0.1, 0.15) is 19.8 Å². The molecule has 438 valence electrons. The Morgan fingerprint density at radius 1 is 0.419 bits per heavy atom. The summed E-state index contributed by atoms with van der Waals surface area (Å²) < 4.78 is 34.5. The zero-order chi connectivity index (χ0) is 54.2. The highest BCUT2D eigenvalue weighted by Crippen LogP contribution is 2.43. The van der Waals surface area contributed by atoms with Crippen LogP contribution in [0.1, 0.15) is 322 Å². The number of esters is 2. The standard InChI is InChI=1S/C64H124NO8P/c1-6-8-10-12-14-16-18-20-21-22-23-24-25-26-27-28-29-30-31-32-33-34-35-36-37-38-39-40-41-42-43-45-46-48-50-52-54-56-63(66)70-60-62(61-72-74(68,69)71-59-58-65(3,4)5)73-64(67)57-55-53-51-49-47-44-19-17-15-13-11-9-7-2/h11,13,17,19,62H,6-10,12,14-16,18,20-61H2,1-5H3/p+1/b13-11-,19-17-. The summed E-state index contributed by atoms with van der Waals surface area (Å²) in [5, 5.41) is 0. The van der Waals surface area contributed by atoms with Crippen LogP contribution in [-0.4, -0.2) is 74.9 Å². The van der Waals surface area contributed by atoms with E-state index in [0.717, 1.165) is 64.2 Å². The van der Waals surface area contributed by atoms with Gasteiger partial charge in [0.2, 0.25) is 0 Å². The van der Waals surface area contributed by atoms with Gasteiger partial charge in [-0.05, 0) is 38.5 Å². The Kier molecular flexibility index (Phi) is 55.1. The lowest BCUT2D eigenvalue weighted by molar-refractivity contribution is -0.870. The molecule has 0 aliphatic rings. The van der Waals surface area contributed by atoms with E-state index in [1.807, 2.05) is 21.1 Å². The maximum atomic E-state index is 12.7. The van der Waals surface area contributed by atoms with Crippen LogP contribution in [0.4, 0.5) is 0 Å². The molecule has 0 aromatic heterocycles. The van der Waals surface area contributed by atoms with Gasteiger partial charge >= 0.3 is 19.8 Å². The van der Waals surface area contributed by atoms with E-state index in [0.29, 0.717) is 23.9 Å². The molecule has 0 radical (unpaired) electrons. The lowest BCUT2D eigenvalue weighted by Crippen LogP contribution is -2.37. The third-order valence-electron chi connectivity index (χ3n) is 14.5. The average molecular weight is 1070 g/mol. The fourth-order valence-corrected chi connectivity index (χ4v) is 10.3. The Hall–Kier alpha value is -1.51. The Bertz CT molecular complexity index is 1300. The van der Waals surface area contributed by atoms with Gasteiger partial charge in [-0.3, -0.25) is 18.6 Å². The monoisotopic (exact) mass is 1070 g/mol. The van der Waals surface area contributed by atoms with Gasteiger partial charge in [0.25, 0.3) is 0 Å². The molecule has 0 saturated heterocycles. The van der Waals surface area contributed by atoms with Gasteiger partial charge in [-0.2, -0.15) is 0 Å². The number of carbonyl (C=O) groups is 2. The first-order chi connectivity index (χ1) is 36.0. The molecule has 2 atom stereocenters. The SMILES string of the molecule is CCC/C=C\C/C=C\CCCCCCCC(=O)OC(COC(=O)CCCCCCCCCCCCCCCCCCCCCCCCCCCCCCCCCCCCCCC)COP(=O)(O)OCC[N+](C)(C)C. The van der Waals surface area contributed by atoms with Crippen molar-refractivity contribution in [1.29, 1.82) is 0 Å². The molecule has 0 aromatic rings. The zero-order valence-electron chi connectivity index (χ0n) is 49.9. The van der Waals surface area contributed by atoms with Crippen molar-refractivity contribution in [2.24, 2.45) is 0 Å². The molecule has 74 heavy (non-hydrogen) atoms. The van der Waals surface area contributed by atoms with Crippen molar-refractivity contribution in [1.82, 2.24) is 0 Å². The summed E-state index contributed by atoms with van der Waals surface area (Å²) in [6.07, 6.45) is 68.8. The van der Waals surface area contributed by atoms with Crippen molar-refractivity contribution >= 4 is 19.8 Å². The van der Waals surface area contributed by atoms with Crippen LogP contribution in [0, 0.1) is 0 Å². The highest BCUT2D eigenvalue weighted by atomic mass is 31.2. The van der Waals surface area contributed by atoms with Crippen LogP contribution in [-0.2, 0) is 32.7 Å². The molecule has 10 heteroatoms. The third-order valence-corrected chi connectivity index (χ3v) is 15.4. The predicted molar refractivity (Wildman–Crippen MR) is 317 cm³/mol. The van der Waals surface area contributed by atoms with Crippen molar-refractivity contribution in [3.8, 4) is 0 Å². The number of ether oxygens (including phenoxy) is 2. The lowest BCUT2D eigenvalue weighted by Gasteiger charge is -2.24. The van der Waals surface area contributed by atoms with Crippen LogP contribution >= 0.6 is 7.82 Å². The number of unbranched alkanes of at least 4 members (excludes halogenated alkanes) is 42. The molecule has 2 unspecified atom stereocenters. The highest BCUT2D eigenvalue weighted by molar-refractivity contribution is 7.47. The fourth-order valence-electron chi connectivity index (χ4n) is 9.53. The number of allylic oxidation sites excluding steroid dienone is 4. The number of nitrogens with zero attached hydrogens (tertiary/aromatic N) is 1. The lowest BCUT2D eigenvalue weighted by atomic mass is 10.0. The van der Waals surface area contributed by atoms with Gasteiger partial charge in [-0.15, -0.1) is 0 Å². The molecular formula is C64H125NO8P+. The largest absolute Gasteiger partial charge is 0.472 e. The highest BCUT2D eigenvalue weighted by Gasteiger charge is 2.27. The summed E-state index contributed by atoms with van der Waals surface area (Å²) in [5.74, 6) is -0.800. The quantitative estimate of drug-likeness (QED) is 0.0211. The Balaban J connectivity index is 3.84. The summed E-state index contributed by atoms with van der Waals surface area (Å²) >= 11 is 0. The molecular weight excluding hydrogens is 942 g/mol. The summed E-state index contributed by atoms with van der Waals surface area (Å²) in [7, 11) is 1.48. The minimum Gasteiger partial charge on any atom is -0.462 e. The van der Waals surface area contributed by atoms with Crippen LogP contribution in [0.15, 0.2) is 24.3 Å². The minimum absolute atomic E-state index is 0.0309. The van der Waals surface area contributed by atoms with E-state index >= 15 is 0 Å². The van der Waals surface area contributed by atoms with Crippen molar-refractivity contribution in [2.45, 2.75) is 328 Å². The molecule has 0 aliphatic carbocycles. The molecule has 9 nitrogen and oxygen atoms in total. The van der Waals surface area contributed by atoms with Gasteiger partial charge in [0.05, 0.1) is 27.7 Å². The van der Waals surface area contributed by atoms with E-state index < -0.39 is 26.5 Å². The molecule has 0 bridgehead atoms. The van der Waals surface area contributed by atoms with E-state index in [9.17, 15) is 19.0 Å². The number of rotatable bonds is 60. The first-order valence-corrected chi connectivity index (χ1v) is 33.6. The number of hydrogen-bond donors (Lipinski definition) is 1. The van der Waals surface area contributed by atoms with E-state index in [1.54, 1.807) is 0 Å². The van der Waals surface area contributed by atoms with Crippen LogP contribution in [0.3, 0.4) is 0 Å². The molecule has 0 fully saturated rings. The summed E-state index contributed by atoms with van der Waals surface area (Å²) in [6, 6.07) is 0. The second-order valence-corrected chi connectivity index (χ2v) is 24.6. The Labute approximate surface area is 459 Å². The van der Waals surface area contributed by atoms with E-state index in [4.69, 9.17) is 18.5 Å². The van der Waals surface area contributed by atoms with Crippen molar-refractivity contribution in [3.05, 3.63) is 24.3 Å². The van der Waals surface area contributed by atoms with Crippen LogP contribution in [0.2, 0.25) is 0 Å². The smallest absolute Gasteiger partial charge is 0.462 e. The fraction of sp³-hybridized carbons (Fsp3) is 0.906. The van der Waals surface area contributed by atoms with E-state index in [1.165, 1.54) is 225 Å². The van der Waals surface area contributed by atoms with Gasteiger partial charge in [0.15, 0.2) is 6.10 Å². The molecule has 0 rings (SSSR count). The topological polar surface area (TPSA) is 108 Å². The third kappa shape index (κ3) is 59.7. The van der Waals surface area contributed by atoms with Crippen molar-refractivity contribution in [2.75, 3.05) is 47.5 Å². The minimum atomic E-state index is -4.38. The van der Waals surface area contributed by atoms with Gasteiger partial charge in [-0.25, -0.2) is 4.57 Å². The number of carbonyl (C=O) groups excluding carboxylic acids is 2. The number of phosphoric ester groups is 1.